The highest BCUT2D eigenvalue weighted by molar-refractivity contribution is 7.98. The molecule has 0 aliphatic carbocycles. The molecular weight excluding hydrogens is 308 g/mol. The molecule has 3 aromatic heterocycles. The van der Waals surface area contributed by atoms with Gasteiger partial charge in [0.2, 0.25) is 5.89 Å². The van der Waals surface area contributed by atoms with Gasteiger partial charge in [-0.25, -0.2) is 4.98 Å². The lowest BCUT2D eigenvalue weighted by atomic mass is 10.1. The minimum Gasteiger partial charge on any atom is -0.444 e. The number of oxazole rings is 1. The SMILES string of the molecule is Cc1ccc(-c2nc(CSc3nnc4ccccn34)co2)cc1. The molecule has 0 saturated heterocycles. The molecule has 5 nitrogen and oxygen atoms in total. The molecule has 0 aliphatic rings. The van der Waals surface area contributed by atoms with Gasteiger partial charge in [0.25, 0.3) is 0 Å². The van der Waals surface area contributed by atoms with Crippen molar-refractivity contribution < 1.29 is 4.42 Å². The van der Waals surface area contributed by atoms with E-state index in [-0.39, 0.29) is 0 Å². The Morgan fingerprint density at radius 2 is 1.96 bits per heavy atom. The van der Waals surface area contributed by atoms with Gasteiger partial charge in [-0.3, -0.25) is 4.40 Å². The van der Waals surface area contributed by atoms with Crippen LogP contribution >= 0.6 is 11.8 Å². The fraction of sp³-hybridized carbons (Fsp3) is 0.118. The van der Waals surface area contributed by atoms with Crippen LogP contribution in [0.25, 0.3) is 17.1 Å². The maximum atomic E-state index is 5.58. The van der Waals surface area contributed by atoms with Crippen molar-refractivity contribution in [2.24, 2.45) is 0 Å². The Morgan fingerprint density at radius 1 is 1.09 bits per heavy atom. The van der Waals surface area contributed by atoms with Gasteiger partial charge in [-0.1, -0.05) is 35.5 Å². The summed E-state index contributed by atoms with van der Waals surface area (Å²) in [5.41, 5.74) is 3.93. The van der Waals surface area contributed by atoms with E-state index in [1.54, 1.807) is 18.0 Å². The zero-order chi connectivity index (χ0) is 15.6. The standard InChI is InChI=1S/C17H14N4OS/c1-12-5-7-13(8-6-12)16-18-14(10-22-16)11-23-17-20-19-15-4-2-3-9-21(15)17/h2-10H,11H2,1H3. The molecule has 0 amide bonds. The van der Waals surface area contributed by atoms with Crippen LogP contribution in [0.4, 0.5) is 0 Å². The van der Waals surface area contributed by atoms with Crippen LogP contribution in [0.3, 0.4) is 0 Å². The molecular formula is C17H14N4OS. The molecule has 0 spiro atoms. The van der Waals surface area contributed by atoms with E-state index in [1.165, 1.54) is 5.56 Å². The van der Waals surface area contributed by atoms with Gasteiger partial charge in [-0.05, 0) is 31.2 Å². The molecule has 0 unspecified atom stereocenters. The van der Waals surface area contributed by atoms with Crippen LogP contribution in [0.5, 0.6) is 0 Å². The Kier molecular flexibility index (Phi) is 3.59. The number of benzene rings is 1. The Labute approximate surface area is 137 Å². The predicted octanol–water partition coefficient (Wildman–Crippen LogP) is 3.99. The Bertz CT molecular complexity index is 943. The second-order valence-electron chi connectivity index (χ2n) is 5.21. The number of pyridine rings is 1. The van der Waals surface area contributed by atoms with Crippen molar-refractivity contribution >= 4 is 17.4 Å². The summed E-state index contributed by atoms with van der Waals surface area (Å²) in [6.07, 6.45) is 3.66. The fourth-order valence-corrected chi connectivity index (χ4v) is 3.06. The minimum absolute atomic E-state index is 0.645. The Balaban J connectivity index is 1.51. The van der Waals surface area contributed by atoms with Crippen molar-refractivity contribution in [3.05, 3.63) is 66.2 Å². The summed E-state index contributed by atoms with van der Waals surface area (Å²) in [7, 11) is 0. The van der Waals surface area contributed by atoms with Crippen LogP contribution in [0, 0.1) is 6.92 Å². The molecule has 1 aromatic carbocycles. The van der Waals surface area contributed by atoms with E-state index in [0.717, 1.165) is 22.1 Å². The third kappa shape index (κ3) is 2.85. The molecule has 3 heterocycles. The largest absolute Gasteiger partial charge is 0.444 e. The molecule has 4 aromatic rings. The highest BCUT2D eigenvalue weighted by Crippen LogP contribution is 2.24. The van der Waals surface area contributed by atoms with Crippen molar-refractivity contribution in [1.82, 2.24) is 19.6 Å². The van der Waals surface area contributed by atoms with Crippen molar-refractivity contribution in [1.29, 1.82) is 0 Å². The third-order valence-electron chi connectivity index (χ3n) is 3.48. The van der Waals surface area contributed by atoms with Crippen LogP contribution in [0.2, 0.25) is 0 Å². The summed E-state index contributed by atoms with van der Waals surface area (Å²) in [4.78, 5) is 4.54. The maximum absolute atomic E-state index is 5.58. The molecule has 0 aliphatic heterocycles. The molecule has 0 radical (unpaired) electrons. The van der Waals surface area contributed by atoms with Crippen LogP contribution < -0.4 is 0 Å². The van der Waals surface area contributed by atoms with Crippen LogP contribution in [0.15, 0.2) is 64.5 Å². The molecule has 4 rings (SSSR count). The number of nitrogens with zero attached hydrogens (tertiary/aromatic N) is 4. The first-order valence-corrected chi connectivity index (χ1v) is 8.22. The number of fused-ring (bicyclic) bond motifs is 1. The second kappa shape index (κ2) is 5.89. The summed E-state index contributed by atoms with van der Waals surface area (Å²) < 4.78 is 7.54. The normalized spacial score (nSPS) is 11.2. The minimum atomic E-state index is 0.645. The van der Waals surface area contributed by atoms with E-state index in [4.69, 9.17) is 4.42 Å². The average Bonchev–Trinajstić information content (AvgIpc) is 3.20. The van der Waals surface area contributed by atoms with Gasteiger partial charge in [0.1, 0.15) is 6.26 Å². The quantitative estimate of drug-likeness (QED) is 0.532. The van der Waals surface area contributed by atoms with Crippen molar-refractivity contribution in [2.45, 2.75) is 17.8 Å². The van der Waals surface area contributed by atoms with E-state index < -0.39 is 0 Å². The number of aromatic nitrogens is 4. The van der Waals surface area contributed by atoms with Crippen LogP contribution in [-0.4, -0.2) is 19.6 Å². The van der Waals surface area contributed by atoms with E-state index >= 15 is 0 Å². The van der Waals surface area contributed by atoms with E-state index in [2.05, 4.69) is 34.2 Å². The molecule has 6 heteroatoms. The first-order valence-electron chi connectivity index (χ1n) is 7.23. The van der Waals surface area contributed by atoms with Gasteiger partial charge in [0.15, 0.2) is 10.8 Å². The molecule has 0 saturated carbocycles. The monoisotopic (exact) mass is 322 g/mol. The number of hydrogen-bond donors (Lipinski definition) is 0. The zero-order valence-corrected chi connectivity index (χ0v) is 13.3. The van der Waals surface area contributed by atoms with Gasteiger partial charge in [-0.15, -0.1) is 10.2 Å². The highest BCUT2D eigenvalue weighted by Gasteiger charge is 2.10. The smallest absolute Gasteiger partial charge is 0.226 e. The third-order valence-corrected chi connectivity index (χ3v) is 4.46. The van der Waals surface area contributed by atoms with E-state index in [9.17, 15) is 0 Å². The fourth-order valence-electron chi connectivity index (χ4n) is 2.26. The molecule has 114 valence electrons. The van der Waals surface area contributed by atoms with Gasteiger partial charge in [0, 0.05) is 17.5 Å². The summed E-state index contributed by atoms with van der Waals surface area (Å²) in [6, 6.07) is 14.0. The average molecular weight is 322 g/mol. The first kappa shape index (κ1) is 14.0. The molecule has 0 N–H and O–H groups in total. The van der Waals surface area contributed by atoms with Crippen molar-refractivity contribution in [3.63, 3.8) is 0 Å². The zero-order valence-electron chi connectivity index (χ0n) is 12.5. The number of hydrogen-bond acceptors (Lipinski definition) is 5. The number of thioether (sulfide) groups is 1. The Hall–Kier alpha value is -2.60. The topological polar surface area (TPSA) is 56.2 Å². The van der Waals surface area contributed by atoms with Crippen LogP contribution in [-0.2, 0) is 5.75 Å². The lowest BCUT2D eigenvalue weighted by molar-refractivity contribution is 0.573. The Morgan fingerprint density at radius 3 is 2.83 bits per heavy atom. The van der Waals surface area contributed by atoms with Gasteiger partial charge < -0.3 is 4.42 Å². The lowest BCUT2D eigenvalue weighted by Crippen LogP contribution is -1.88. The lowest BCUT2D eigenvalue weighted by Gasteiger charge is -1.97. The van der Waals surface area contributed by atoms with Crippen LogP contribution in [0.1, 0.15) is 11.3 Å². The summed E-state index contributed by atoms with van der Waals surface area (Å²) in [5, 5.41) is 9.19. The van der Waals surface area contributed by atoms with Crippen molar-refractivity contribution in [3.8, 4) is 11.5 Å². The van der Waals surface area contributed by atoms with Crippen molar-refractivity contribution in [2.75, 3.05) is 0 Å². The molecule has 0 fully saturated rings. The van der Waals surface area contributed by atoms with E-state index in [1.807, 2.05) is 40.9 Å². The highest BCUT2D eigenvalue weighted by atomic mass is 32.2. The summed E-state index contributed by atoms with van der Waals surface area (Å²) >= 11 is 1.59. The molecule has 23 heavy (non-hydrogen) atoms. The predicted molar refractivity (Wildman–Crippen MR) is 89.2 cm³/mol. The molecule has 0 atom stereocenters. The number of aryl methyl sites for hydroxylation is 1. The molecule has 0 bridgehead atoms. The van der Waals surface area contributed by atoms with Gasteiger partial charge >= 0.3 is 0 Å². The van der Waals surface area contributed by atoms with E-state index in [0.29, 0.717) is 11.6 Å². The van der Waals surface area contributed by atoms with Gasteiger partial charge in [-0.2, -0.15) is 0 Å². The second-order valence-corrected chi connectivity index (χ2v) is 6.15. The summed E-state index contributed by atoms with van der Waals surface area (Å²) in [5.74, 6) is 1.33. The maximum Gasteiger partial charge on any atom is 0.226 e. The first-order chi connectivity index (χ1) is 11.3. The number of rotatable bonds is 4. The van der Waals surface area contributed by atoms with Gasteiger partial charge in [0.05, 0.1) is 5.69 Å². The summed E-state index contributed by atoms with van der Waals surface area (Å²) in [6.45, 7) is 2.06.